The largest absolute Gasteiger partial charge is 0.326 e. The maximum Gasteiger partial charge on any atom is 0.247 e. The fourth-order valence-electron chi connectivity index (χ4n) is 1.41. The molecule has 0 radical (unpaired) electrons. The molecule has 0 bridgehead atoms. The fraction of sp³-hybridized carbons (Fsp3) is 0.286. The van der Waals surface area contributed by atoms with Crippen molar-refractivity contribution in [2.24, 2.45) is 5.92 Å². The number of benzene rings is 1. The van der Waals surface area contributed by atoms with Gasteiger partial charge in [-0.05, 0) is 36.3 Å². The first-order chi connectivity index (χ1) is 8.51. The van der Waals surface area contributed by atoms with Crippen LogP contribution in [0.15, 0.2) is 36.9 Å². The van der Waals surface area contributed by atoms with Crippen molar-refractivity contribution in [3.05, 3.63) is 36.9 Å². The van der Waals surface area contributed by atoms with Gasteiger partial charge in [-0.25, -0.2) is 0 Å². The average Bonchev–Trinajstić information content (AvgIpc) is 2.30. The van der Waals surface area contributed by atoms with Gasteiger partial charge in [0, 0.05) is 17.8 Å². The van der Waals surface area contributed by atoms with E-state index < -0.39 is 0 Å². The van der Waals surface area contributed by atoms with E-state index in [4.69, 9.17) is 0 Å². The number of hydrogen-bond acceptors (Lipinski definition) is 2. The third kappa shape index (κ3) is 4.82. The lowest BCUT2D eigenvalue weighted by atomic mass is 10.1. The minimum absolute atomic E-state index is 0.00660. The van der Waals surface area contributed by atoms with E-state index in [1.54, 1.807) is 24.3 Å². The lowest BCUT2D eigenvalue weighted by Gasteiger charge is -2.08. The van der Waals surface area contributed by atoms with Gasteiger partial charge in [0.2, 0.25) is 11.8 Å². The zero-order chi connectivity index (χ0) is 13.5. The highest BCUT2D eigenvalue weighted by atomic mass is 16.2. The van der Waals surface area contributed by atoms with Crippen molar-refractivity contribution < 1.29 is 9.59 Å². The smallest absolute Gasteiger partial charge is 0.247 e. The molecule has 0 heterocycles. The molecule has 0 aliphatic carbocycles. The highest BCUT2D eigenvalue weighted by molar-refractivity contribution is 5.99. The van der Waals surface area contributed by atoms with Gasteiger partial charge in [0.15, 0.2) is 0 Å². The van der Waals surface area contributed by atoms with E-state index in [2.05, 4.69) is 17.2 Å². The zero-order valence-corrected chi connectivity index (χ0v) is 10.7. The topological polar surface area (TPSA) is 58.2 Å². The van der Waals surface area contributed by atoms with Crippen molar-refractivity contribution in [1.29, 1.82) is 0 Å². The van der Waals surface area contributed by atoms with Gasteiger partial charge in [-0.3, -0.25) is 9.59 Å². The van der Waals surface area contributed by atoms with Crippen molar-refractivity contribution in [3.63, 3.8) is 0 Å². The van der Waals surface area contributed by atoms with Crippen LogP contribution in [0, 0.1) is 5.92 Å². The summed E-state index contributed by atoms with van der Waals surface area (Å²) in [6, 6.07) is 6.95. The molecule has 96 valence electrons. The van der Waals surface area contributed by atoms with Crippen molar-refractivity contribution in [2.75, 3.05) is 10.6 Å². The van der Waals surface area contributed by atoms with E-state index in [-0.39, 0.29) is 11.8 Å². The Morgan fingerprint density at radius 2 is 1.67 bits per heavy atom. The van der Waals surface area contributed by atoms with E-state index in [9.17, 15) is 9.59 Å². The van der Waals surface area contributed by atoms with E-state index in [0.717, 1.165) is 5.69 Å². The molecule has 1 rings (SSSR count). The Balaban J connectivity index is 2.57. The third-order valence-corrected chi connectivity index (χ3v) is 2.22. The number of hydrogen-bond donors (Lipinski definition) is 2. The molecule has 4 heteroatoms. The van der Waals surface area contributed by atoms with Crippen LogP contribution in [0.4, 0.5) is 11.4 Å². The molecule has 0 saturated heterocycles. The first kappa shape index (κ1) is 14.0. The molecule has 0 fully saturated rings. The number of rotatable bonds is 5. The summed E-state index contributed by atoms with van der Waals surface area (Å²) in [5.41, 5.74) is 1.39. The average molecular weight is 246 g/mol. The maximum absolute atomic E-state index is 11.5. The minimum atomic E-state index is -0.258. The second-order valence-corrected chi connectivity index (χ2v) is 4.42. The quantitative estimate of drug-likeness (QED) is 0.785. The first-order valence-electron chi connectivity index (χ1n) is 5.84. The van der Waals surface area contributed by atoms with Crippen LogP contribution in [-0.2, 0) is 9.59 Å². The summed E-state index contributed by atoms with van der Waals surface area (Å²) in [5, 5.41) is 5.43. The molecule has 0 unspecified atom stereocenters. The molecule has 0 saturated carbocycles. The summed E-state index contributed by atoms with van der Waals surface area (Å²) >= 11 is 0. The SMILES string of the molecule is C=CC(=O)Nc1ccc(NC(=O)CC(C)C)cc1. The predicted octanol–water partition coefficient (Wildman–Crippen LogP) is 2.80. The molecule has 1 aromatic rings. The van der Waals surface area contributed by atoms with E-state index in [1.807, 2.05) is 13.8 Å². The Bertz CT molecular complexity index is 436. The van der Waals surface area contributed by atoms with Crippen LogP contribution in [0.25, 0.3) is 0 Å². The van der Waals surface area contributed by atoms with Gasteiger partial charge in [-0.2, -0.15) is 0 Å². The van der Waals surface area contributed by atoms with Crippen LogP contribution in [0.1, 0.15) is 20.3 Å². The predicted molar refractivity (Wildman–Crippen MR) is 73.4 cm³/mol. The van der Waals surface area contributed by atoms with Crippen molar-refractivity contribution in [3.8, 4) is 0 Å². The number of carbonyl (C=O) groups excluding carboxylic acids is 2. The molecule has 0 aliphatic heterocycles. The van der Waals surface area contributed by atoms with Gasteiger partial charge in [0.05, 0.1) is 0 Å². The van der Waals surface area contributed by atoms with Gasteiger partial charge < -0.3 is 10.6 Å². The van der Waals surface area contributed by atoms with Gasteiger partial charge >= 0.3 is 0 Å². The maximum atomic E-state index is 11.5. The lowest BCUT2D eigenvalue weighted by Crippen LogP contribution is -2.14. The number of carbonyl (C=O) groups is 2. The monoisotopic (exact) mass is 246 g/mol. The van der Waals surface area contributed by atoms with Crippen molar-refractivity contribution in [1.82, 2.24) is 0 Å². The minimum Gasteiger partial charge on any atom is -0.326 e. The Morgan fingerprint density at radius 1 is 1.17 bits per heavy atom. The van der Waals surface area contributed by atoms with Crippen LogP contribution >= 0.6 is 0 Å². The van der Waals surface area contributed by atoms with Crippen LogP contribution in [0.5, 0.6) is 0 Å². The second-order valence-electron chi connectivity index (χ2n) is 4.42. The van der Waals surface area contributed by atoms with E-state index >= 15 is 0 Å². The molecular formula is C14H18N2O2. The summed E-state index contributed by atoms with van der Waals surface area (Å²) in [6.07, 6.45) is 1.70. The molecule has 0 aliphatic rings. The van der Waals surface area contributed by atoms with Gasteiger partial charge in [0.25, 0.3) is 0 Å². The molecule has 0 atom stereocenters. The highest BCUT2D eigenvalue weighted by Gasteiger charge is 2.05. The van der Waals surface area contributed by atoms with Crippen molar-refractivity contribution in [2.45, 2.75) is 20.3 Å². The standard InChI is InChI=1S/C14H18N2O2/c1-4-13(17)15-11-5-7-12(8-6-11)16-14(18)9-10(2)3/h4-8,10H,1,9H2,2-3H3,(H,15,17)(H,16,18). The highest BCUT2D eigenvalue weighted by Crippen LogP contribution is 2.14. The van der Waals surface area contributed by atoms with Gasteiger partial charge in [-0.15, -0.1) is 0 Å². The molecule has 0 aromatic heterocycles. The lowest BCUT2D eigenvalue weighted by molar-refractivity contribution is -0.117. The molecule has 2 amide bonds. The Kier molecular flexibility index (Phi) is 5.11. The summed E-state index contributed by atoms with van der Waals surface area (Å²) in [7, 11) is 0. The number of nitrogens with one attached hydrogen (secondary N) is 2. The molecular weight excluding hydrogens is 228 g/mol. The van der Waals surface area contributed by atoms with Crippen molar-refractivity contribution >= 4 is 23.2 Å². The summed E-state index contributed by atoms with van der Waals surface area (Å²) in [6.45, 7) is 7.36. The zero-order valence-electron chi connectivity index (χ0n) is 10.7. The van der Waals surface area contributed by atoms with Crippen LogP contribution in [-0.4, -0.2) is 11.8 Å². The van der Waals surface area contributed by atoms with Crippen LogP contribution < -0.4 is 10.6 Å². The molecule has 4 nitrogen and oxygen atoms in total. The Morgan fingerprint density at radius 3 is 2.11 bits per heavy atom. The summed E-state index contributed by atoms with van der Waals surface area (Å²) < 4.78 is 0. The molecule has 18 heavy (non-hydrogen) atoms. The second kappa shape index (κ2) is 6.59. The Hall–Kier alpha value is -2.10. The molecule has 1 aromatic carbocycles. The fourth-order valence-corrected chi connectivity index (χ4v) is 1.41. The molecule has 2 N–H and O–H groups in total. The molecule has 0 spiro atoms. The normalized spacial score (nSPS) is 9.94. The van der Waals surface area contributed by atoms with Crippen LogP contribution in [0.2, 0.25) is 0 Å². The van der Waals surface area contributed by atoms with Gasteiger partial charge in [-0.1, -0.05) is 20.4 Å². The summed E-state index contributed by atoms with van der Waals surface area (Å²) in [4.78, 5) is 22.6. The number of anilines is 2. The summed E-state index contributed by atoms with van der Waals surface area (Å²) in [5.74, 6) is 0.0654. The van der Waals surface area contributed by atoms with Gasteiger partial charge in [0.1, 0.15) is 0 Å². The number of amides is 2. The van der Waals surface area contributed by atoms with Crippen LogP contribution in [0.3, 0.4) is 0 Å². The first-order valence-corrected chi connectivity index (χ1v) is 5.84. The van der Waals surface area contributed by atoms with E-state index in [1.165, 1.54) is 6.08 Å². The van der Waals surface area contributed by atoms with E-state index in [0.29, 0.717) is 18.0 Å². The third-order valence-electron chi connectivity index (χ3n) is 2.22. The Labute approximate surface area is 107 Å².